The first-order valence-electron chi connectivity index (χ1n) is 16.4. The molecule has 6 atom stereocenters. The summed E-state index contributed by atoms with van der Waals surface area (Å²) in [7, 11) is 4.20. The molecule has 1 amide bonds. The molecule has 4 heterocycles. The van der Waals surface area contributed by atoms with E-state index in [4.69, 9.17) is 24.9 Å². The number of rotatable bonds is 9. The van der Waals surface area contributed by atoms with Crippen molar-refractivity contribution in [3.63, 3.8) is 0 Å². The van der Waals surface area contributed by atoms with Crippen LogP contribution in [0.2, 0.25) is 0 Å². The standard InChI is InChI=1S/C30H43N9O3.C2HF3O2/c1-4-24(40)33-22-14-23(27(42)26(22)41)39-18-31-25-28(32-20-10-12-37(16-20)15-19-8-6-5-7-9-19)34-30(35-29(25)39)38-13-11-21(17-38)36(2)3;3-2(4,5)1(6)7/h5-9,18,20-23,26-27,41-42H,4,10-17H2,1-3H3,(H,33,40)(H,32,34,35);(H,6,7)/t20-,21+,22-,23+,26+,27-;/m0./s1. The minimum atomic E-state index is -5.08. The van der Waals surface area contributed by atoms with E-state index in [9.17, 15) is 28.2 Å². The Labute approximate surface area is 281 Å². The highest BCUT2D eigenvalue weighted by atomic mass is 19.4. The quantitative estimate of drug-likeness (QED) is 0.221. The third-order valence-corrected chi connectivity index (χ3v) is 9.37. The lowest BCUT2D eigenvalue weighted by Gasteiger charge is -2.22. The van der Waals surface area contributed by atoms with Gasteiger partial charge >= 0.3 is 12.1 Å². The summed E-state index contributed by atoms with van der Waals surface area (Å²) >= 11 is 0. The van der Waals surface area contributed by atoms with Crippen LogP contribution in [0.4, 0.5) is 24.9 Å². The van der Waals surface area contributed by atoms with Gasteiger partial charge in [-0.2, -0.15) is 23.1 Å². The Kier molecular flexibility index (Phi) is 11.3. The first-order valence-corrected chi connectivity index (χ1v) is 16.4. The molecule has 0 radical (unpaired) electrons. The van der Waals surface area contributed by atoms with Gasteiger partial charge in [0.2, 0.25) is 11.9 Å². The van der Waals surface area contributed by atoms with Gasteiger partial charge in [-0.1, -0.05) is 37.3 Å². The molecule has 0 bridgehead atoms. The molecule has 0 spiro atoms. The van der Waals surface area contributed by atoms with Crippen LogP contribution in [0.1, 0.15) is 44.2 Å². The maximum absolute atomic E-state index is 12.1. The van der Waals surface area contributed by atoms with Crippen LogP contribution >= 0.6 is 0 Å². The minimum Gasteiger partial charge on any atom is -0.475 e. The Morgan fingerprint density at radius 2 is 1.76 bits per heavy atom. The topological polar surface area (TPSA) is 172 Å². The van der Waals surface area contributed by atoms with Gasteiger partial charge in [-0.3, -0.25) is 9.69 Å². The number of likely N-dealkylation sites (N-methyl/N-ethyl adjacent to an activating group) is 1. The van der Waals surface area contributed by atoms with Crippen LogP contribution in [0, 0.1) is 0 Å². The molecule has 49 heavy (non-hydrogen) atoms. The number of aliphatic carboxylic acids is 1. The molecule has 1 aromatic carbocycles. The van der Waals surface area contributed by atoms with E-state index in [1.54, 1.807) is 13.3 Å². The number of likely N-dealkylation sites (tertiary alicyclic amines) is 1. The zero-order valence-electron chi connectivity index (χ0n) is 27.7. The van der Waals surface area contributed by atoms with Gasteiger partial charge in [-0.15, -0.1) is 0 Å². The summed E-state index contributed by atoms with van der Waals surface area (Å²) in [5, 5.41) is 35.5. The lowest BCUT2D eigenvalue weighted by atomic mass is 10.2. The maximum atomic E-state index is 12.1. The molecule has 1 aliphatic carbocycles. The largest absolute Gasteiger partial charge is 0.490 e. The van der Waals surface area contributed by atoms with E-state index in [0.717, 1.165) is 45.6 Å². The molecule has 2 aliphatic heterocycles. The molecule has 5 N–H and O–H groups in total. The van der Waals surface area contributed by atoms with E-state index in [1.807, 2.05) is 10.6 Å². The van der Waals surface area contributed by atoms with Crippen molar-refractivity contribution >= 4 is 34.8 Å². The van der Waals surface area contributed by atoms with Crippen molar-refractivity contribution in [2.45, 2.75) is 81.7 Å². The van der Waals surface area contributed by atoms with Crippen molar-refractivity contribution < 1.29 is 38.1 Å². The third-order valence-electron chi connectivity index (χ3n) is 9.37. The van der Waals surface area contributed by atoms with Crippen molar-refractivity contribution in [2.24, 2.45) is 0 Å². The number of nitrogens with one attached hydrogen (secondary N) is 2. The van der Waals surface area contributed by atoms with Gasteiger partial charge in [0.1, 0.15) is 12.2 Å². The summed E-state index contributed by atoms with van der Waals surface area (Å²) in [5.41, 5.74) is 2.57. The van der Waals surface area contributed by atoms with Crippen LogP contribution in [0.5, 0.6) is 0 Å². The lowest BCUT2D eigenvalue weighted by molar-refractivity contribution is -0.192. The SMILES string of the molecule is CCC(=O)N[C@H]1C[C@@H](n2cnc3c(N[C@H]4CCN(Cc5ccccc5)C4)nc(N4CC[C@@H](N(C)C)C4)nc32)[C@H](O)[C@@H]1O.O=C(O)C(F)(F)F. The first-order chi connectivity index (χ1) is 23.2. The number of aliphatic hydroxyl groups is 2. The van der Waals surface area contributed by atoms with Crippen LogP contribution in [-0.4, -0.2) is 133 Å². The molecule has 2 saturated heterocycles. The van der Waals surface area contributed by atoms with Crippen LogP contribution in [0.3, 0.4) is 0 Å². The molecular formula is C32H44F3N9O5. The monoisotopic (exact) mass is 691 g/mol. The Morgan fingerprint density at radius 3 is 2.39 bits per heavy atom. The van der Waals surface area contributed by atoms with Gasteiger partial charge in [-0.25, -0.2) is 9.78 Å². The van der Waals surface area contributed by atoms with E-state index in [0.29, 0.717) is 41.8 Å². The Bertz CT molecular complexity index is 1590. The summed E-state index contributed by atoms with van der Waals surface area (Å²) in [6.45, 7) is 6.26. The molecular weight excluding hydrogens is 647 g/mol. The van der Waals surface area contributed by atoms with E-state index in [-0.39, 0.29) is 11.9 Å². The van der Waals surface area contributed by atoms with Gasteiger partial charge in [0, 0.05) is 51.2 Å². The van der Waals surface area contributed by atoms with Crippen molar-refractivity contribution in [1.82, 2.24) is 34.6 Å². The van der Waals surface area contributed by atoms with E-state index < -0.39 is 36.4 Å². The highest BCUT2D eigenvalue weighted by Crippen LogP contribution is 2.35. The van der Waals surface area contributed by atoms with Crippen molar-refractivity contribution in [2.75, 3.05) is 50.5 Å². The average molecular weight is 692 g/mol. The van der Waals surface area contributed by atoms with Crippen LogP contribution < -0.4 is 15.5 Å². The first kappa shape index (κ1) is 36.2. The number of fused-ring (bicyclic) bond motifs is 1. The smallest absolute Gasteiger partial charge is 0.475 e. The fourth-order valence-corrected chi connectivity index (χ4v) is 6.60. The summed E-state index contributed by atoms with van der Waals surface area (Å²) in [6, 6.07) is 10.1. The fourth-order valence-electron chi connectivity index (χ4n) is 6.60. The number of nitrogens with zero attached hydrogens (tertiary/aromatic N) is 7. The number of aromatic nitrogens is 4. The summed E-state index contributed by atoms with van der Waals surface area (Å²) in [6.07, 6.45) is -2.82. The molecule has 3 aliphatic rings. The second kappa shape index (κ2) is 15.2. The molecule has 2 aromatic heterocycles. The molecule has 0 unspecified atom stereocenters. The van der Waals surface area contributed by atoms with Crippen LogP contribution in [0.15, 0.2) is 36.7 Å². The molecule has 3 aromatic rings. The average Bonchev–Trinajstić information content (AvgIpc) is 3.86. The predicted octanol–water partition coefficient (Wildman–Crippen LogP) is 1.85. The van der Waals surface area contributed by atoms with Gasteiger partial charge in [0.15, 0.2) is 17.0 Å². The highest BCUT2D eigenvalue weighted by Gasteiger charge is 2.44. The number of carboxylic acid groups (broad SMARTS) is 1. The normalized spacial score (nSPS) is 25.9. The van der Waals surface area contributed by atoms with Crippen molar-refractivity contribution in [3.05, 3.63) is 42.2 Å². The molecule has 3 fully saturated rings. The van der Waals surface area contributed by atoms with Crippen LogP contribution in [-0.2, 0) is 16.1 Å². The predicted molar refractivity (Wildman–Crippen MR) is 175 cm³/mol. The number of hydrogen-bond acceptors (Lipinski definition) is 11. The number of imidazole rings is 1. The van der Waals surface area contributed by atoms with Crippen LogP contribution in [0.25, 0.3) is 11.2 Å². The summed E-state index contributed by atoms with van der Waals surface area (Å²) in [4.78, 5) is 42.6. The van der Waals surface area contributed by atoms with Crippen molar-refractivity contribution in [3.8, 4) is 0 Å². The fraction of sp³-hybridized carbons (Fsp3) is 0.594. The van der Waals surface area contributed by atoms with Gasteiger partial charge in [0.05, 0.1) is 18.4 Å². The molecule has 14 nitrogen and oxygen atoms in total. The number of benzene rings is 1. The van der Waals surface area contributed by atoms with E-state index in [2.05, 4.69) is 63.7 Å². The number of carboxylic acids is 1. The number of amides is 1. The maximum Gasteiger partial charge on any atom is 0.490 e. The van der Waals surface area contributed by atoms with E-state index in [1.165, 1.54) is 5.56 Å². The van der Waals surface area contributed by atoms with Gasteiger partial charge in [-0.05, 0) is 38.9 Å². The Balaban J connectivity index is 0.000000606. The number of halogens is 3. The molecule has 1 saturated carbocycles. The number of alkyl halides is 3. The summed E-state index contributed by atoms with van der Waals surface area (Å²) < 4.78 is 33.6. The molecule has 17 heteroatoms. The number of aliphatic hydroxyl groups excluding tert-OH is 2. The molecule has 268 valence electrons. The number of hydrogen-bond donors (Lipinski definition) is 5. The number of carbonyl (C=O) groups is 2. The van der Waals surface area contributed by atoms with Gasteiger partial charge in [0.25, 0.3) is 0 Å². The Morgan fingerprint density at radius 1 is 1.04 bits per heavy atom. The number of carbonyl (C=O) groups excluding carboxylic acids is 1. The number of anilines is 2. The zero-order valence-corrected chi connectivity index (χ0v) is 27.7. The minimum absolute atomic E-state index is 0.152. The Hall–Kier alpha value is -4.06. The van der Waals surface area contributed by atoms with E-state index >= 15 is 0 Å². The second-order valence-corrected chi connectivity index (χ2v) is 13.0. The molecule has 6 rings (SSSR count). The van der Waals surface area contributed by atoms with Gasteiger partial charge < -0.3 is 40.3 Å². The lowest BCUT2D eigenvalue weighted by Crippen LogP contribution is -2.42. The summed E-state index contributed by atoms with van der Waals surface area (Å²) in [5.74, 6) is -1.58. The third kappa shape index (κ3) is 8.57. The second-order valence-electron chi connectivity index (χ2n) is 13.0. The zero-order chi connectivity index (χ0) is 35.5. The van der Waals surface area contributed by atoms with Crippen molar-refractivity contribution in [1.29, 1.82) is 0 Å². The highest BCUT2D eigenvalue weighted by molar-refractivity contribution is 5.85.